The highest BCUT2D eigenvalue weighted by Crippen LogP contribution is 2.29. The van der Waals surface area contributed by atoms with Gasteiger partial charge in [0.15, 0.2) is 0 Å². The molecule has 106 valence electrons. The zero-order valence-electron chi connectivity index (χ0n) is 10.8. The van der Waals surface area contributed by atoms with Crippen molar-refractivity contribution in [3.63, 3.8) is 0 Å². The minimum Gasteiger partial charge on any atom is -0.327 e. The quantitative estimate of drug-likeness (QED) is 0.934. The fraction of sp³-hybridized carbons (Fsp3) is 0.267. The van der Waals surface area contributed by atoms with Crippen LogP contribution in [0.2, 0.25) is 0 Å². The van der Waals surface area contributed by atoms with Gasteiger partial charge in [-0.3, -0.25) is 4.98 Å². The molecular formula is C15H15F3N2. The Morgan fingerprint density at radius 3 is 1.90 bits per heavy atom. The summed E-state index contributed by atoms with van der Waals surface area (Å²) in [5, 5.41) is 0. The van der Waals surface area contributed by atoms with Gasteiger partial charge >= 0.3 is 6.18 Å². The summed E-state index contributed by atoms with van der Waals surface area (Å²) in [5.41, 5.74) is 7.26. The molecule has 0 radical (unpaired) electrons. The van der Waals surface area contributed by atoms with Crippen LogP contribution in [0.25, 0.3) is 0 Å². The molecule has 1 atom stereocenters. The molecule has 5 heteroatoms. The summed E-state index contributed by atoms with van der Waals surface area (Å²) in [7, 11) is 0. The minimum absolute atomic E-state index is 0.130. The first-order valence-electron chi connectivity index (χ1n) is 6.26. The van der Waals surface area contributed by atoms with Crippen molar-refractivity contribution in [2.24, 2.45) is 5.73 Å². The summed E-state index contributed by atoms with van der Waals surface area (Å²) in [6.07, 6.45) is 0.308. The number of benzene rings is 1. The maximum Gasteiger partial charge on any atom is 0.416 e. The average molecular weight is 280 g/mol. The van der Waals surface area contributed by atoms with Crippen molar-refractivity contribution in [2.75, 3.05) is 0 Å². The lowest BCUT2D eigenvalue weighted by atomic mass is 9.99. The summed E-state index contributed by atoms with van der Waals surface area (Å²) >= 11 is 0. The van der Waals surface area contributed by atoms with Crippen molar-refractivity contribution in [1.82, 2.24) is 4.98 Å². The second kappa shape index (κ2) is 6.05. The number of alkyl halides is 3. The summed E-state index contributed by atoms with van der Waals surface area (Å²) < 4.78 is 37.3. The average Bonchev–Trinajstić information content (AvgIpc) is 2.39. The van der Waals surface area contributed by atoms with Crippen LogP contribution < -0.4 is 5.73 Å². The Morgan fingerprint density at radius 1 is 0.900 bits per heavy atom. The molecule has 0 aliphatic carbocycles. The van der Waals surface area contributed by atoms with Crippen molar-refractivity contribution in [2.45, 2.75) is 25.1 Å². The molecule has 0 saturated heterocycles. The van der Waals surface area contributed by atoms with Crippen LogP contribution in [-0.4, -0.2) is 11.0 Å². The Morgan fingerprint density at radius 2 is 1.40 bits per heavy atom. The number of hydrogen-bond donors (Lipinski definition) is 1. The van der Waals surface area contributed by atoms with E-state index in [1.165, 1.54) is 12.1 Å². The molecule has 1 heterocycles. The zero-order chi connectivity index (χ0) is 14.6. The predicted molar refractivity (Wildman–Crippen MR) is 71.1 cm³/mol. The van der Waals surface area contributed by atoms with Crippen LogP contribution in [0.5, 0.6) is 0 Å². The summed E-state index contributed by atoms with van der Waals surface area (Å²) in [5.74, 6) is 0. The van der Waals surface area contributed by atoms with E-state index in [0.29, 0.717) is 12.8 Å². The third-order valence-corrected chi connectivity index (χ3v) is 3.03. The highest BCUT2D eigenvalue weighted by Gasteiger charge is 2.29. The van der Waals surface area contributed by atoms with Crippen LogP contribution in [0.4, 0.5) is 13.2 Å². The molecule has 2 rings (SSSR count). The van der Waals surface area contributed by atoms with E-state index >= 15 is 0 Å². The van der Waals surface area contributed by atoms with E-state index in [9.17, 15) is 13.2 Å². The van der Waals surface area contributed by atoms with Crippen molar-refractivity contribution >= 4 is 0 Å². The molecule has 0 aliphatic heterocycles. The molecule has 0 spiro atoms. The van der Waals surface area contributed by atoms with Crippen LogP contribution in [0.3, 0.4) is 0 Å². The van der Waals surface area contributed by atoms with E-state index < -0.39 is 11.7 Å². The molecule has 0 amide bonds. The lowest BCUT2D eigenvalue weighted by Gasteiger charge is -2.12. The second-order valence-electron chi connectivity index (χ2n) is 4.72. The van der Waals surface area contributed by atoms with Crippen LogP contribution in [0, 0.1) is 0 Å². The van der Waals surface area contributed by atoms with Gasteiger partial charge in [-0.15, -0.1) is 0 Å². The van der Waals surface area contributed by atoms with E-state index in [1.54, 1.807) is 12.4 Å². The number of pyridine rings is 1. The fourth-order valence-corrected chi connectivity index (χ4v) is 2.03. The third-order valence-electron chi connectivity index (χ3n) is 3.03. The molecule has 1 aromatic heterocycles. The number of halogens is 3. The van der Waals surface area contributed by atoms with E-state index in [2.05, 4.69) is 4.98 Å². The number of nitrogens with zero attached hydrogens (tertiary/aromatic N) is 1. The number of rotatable bonds is 4. The van der Waals surface area contributed by atoms with E-state index in [4.69, 9.17) is 5.73 Å². The lowest BCUT2D eigenvalue weighted by Crippen LogP contribution is -2.25. The van der Waals surface area contributed by atoms with Gasteiger partial charge < -0.3 is 5.73 Å². The van der Waals surface area contributed by atoms with Crippen molar-refractivity contribution in [3.05, 3.63) is 65.5 Å². The highest BCUT2D eigenvalue weighted by atomic mass is 19.4. The fourth-order valence-electron chi connectivity index (χ4n) is 2.03. The van der Waals surface area contributed by atoms with Crippen LogP contribution in [0.15, 0.2) is 48.8 Å². The first-order chi connectivity index (χ1) is 9.45. The van der Waals surface area contributed by atoms with E-state index in [-0.39, 0.29) is 6.04 Å². The molecule has 2 nitrogen and oxygen atoms in total. The molecule has 0 bridgehead atoms. The van der Waals surface area contributed by atoms with Gasteiger partial charge in [-0.25, -0.2) is 0 Å². The zero-order valence-corrected chi connectivity index (χ0v) is 10.8. The van der Waals surface area contributed by atoms with Gasteiger partial charge in [0, 0.05) is 18.4 Å². The largest absolute Gasteiger partial charge is 0.416 e. The van der Waals surface area contributed by atoms with Crippen LogP contribution in [0.1, 0.15) is 16.7 Å². The topological polar surface area (TPSA) is 38.9 Å². The van der Waals surface area contributed by atoms with Crippen LogP contribution >= 0.6 is 0 Å². The van der Waals surface area contributed by atoms with Crippen LogP contribution in [-0.2, 0) is 19.0 Å². The van der Waals surface area contributed by atoms with Gasteiger partial charge in [0.25, 0.3) is 0 Å². The van der Waals surface area contributed by atoms with Crippen molar-refractivity contribution in [3.8, 4) is 0 Å². The normalized spacial score (nSPS) is 13.2. The SMILES string of the molecule is NC(Cc1ccncc1)Cc1ccc(C(F)(F)F)cc1. The Balaban J connectivity index is 1.96. The Kier molecular flexibility index (Phi) is 4.39. The molecule has 0 saturated carbocycles. The van der Waals surface area contributed by atoms with Gasteiger partial charge in [0.2, 0.25) is 0 Å². The molecule has 1 aromatic carbocycles. The summed E-state index contributed by atoms with van der Waals surface area (Å²) in [4.78, 5) is 3.92. The van der Waals surface area contributed by atoms with Crippen molar-refractivity contribution < 1.29 is 13.2 Å². The summed E-state index contributed by atoms with van der Waals surface area (Å²) in [6.45, 7) is 0. The van der Waals surface area contributed by atoms with Gasteiger partial charge in [-0.1, -0.05) is 12.1 Å². The Labute approximate surface area is 115 Å². The maximum absolute atomic E-state index is 12.4. The molecular weight excluding hydrogens is 265 g/mol. The van der Waals surface area contributed by atoms with Gasteiger partial charge in [0.1, 0.15) is 0 Å². The van der Waals surface area contributed by atoms with Gasteiger partial charge in [-0.2, -0.15) is 13.2 Å². The minimum atomic E-state index is -4.29. The predicted octanol–water partition coefficient (Wildman–Crippen LogP) is 3.21. The standard InChI is InChI=1S/C15H15F3N2/c16-15(17,18)13-3-1-11(2-4-13)9-14(19)10-12-5-7-20-8-6-12/h1-8,14H,9-10,19H2. The highest BCUT2D eigenvalue weighted by molar-refractivity contribution is 5.25. The second-order valence-corrected chi connectivity index (χ2v) is 4.72. The molecule has 0 fully saturated rings. The molecule has 0 aliphatic rings. The number of aromatic nitrogens is 1. The number of hydrogen-bond acceptors (Lipinski definition) is 2. The Bertz CT molecular complexity index is 535. The third kappa shape index (κ3) is 4.06. The molecule has 20 heavy (non-hydrogen) atoms. The smallest absolute Gasteiger partial charge is 0.327 e. The first-order valence-corrected chi connectivity index (χ1v) is 6.26. The monoisotopic (exact) mass is 280 g/mol. The lowest BCUT2D eigenvalue weighted by molar-refractivity contribution is -0.137. The van der Waals surface area contributed by atoms with E-state index in [0.717, 1.165) is 23.3 Å². The number of nitrogens with two attached hydrogens (primary N) is 1. The van der Waals surface area contributed by atoms with Gasteiger partial charge in [-0.05, 0) is 48.2 Å². The summed E-state index contributed by atoms with van der Waals surface area (Å²) in [6, 6.07) is 8.78. The van der Waals surface area contributed by atoms with Gasteiger partial charge in [0.05, 0.1) is 5.56 Å². The van der Waals surface area contributed by atoms with E-state index in [1.807, 2.05) is 12.1 Å². The molecule has 2 aromatic rings. The Hall–Kier alpha value is -1.88. The first kappa shape index (κ1) is 14.5. The molecule has 2 N–H and O–H groups in total. The maximum atomic E-state index is 12.4. The molecule has 1 unspecified atom stereocenters. The van der Waals surface area contributed by atoms with Crippen molar-refractivity contribution in [1.29, 1.82) is 0 Å².